The van der Waals surface area contributed by atoms with E-state index in [1.54, 1.807) is 34.8 Å². The van der Waals surface area contributed by atoms with Gasteiger partial charge < -0.3 is 10.6 Å². The number of thiophene rings is 1. The lowest BCUT2D eigenvalue weighted by Gasteiger charge is -2.09. The highest BCUT2D eigenvalue weighted by Crippen LogP contribution is 2.27. The average Bonchev–Trinajstić information content (AvgIpc) is 3.45. The molecule has 0 atom stereocenters. The van der Waals surface area contributed by atoms with E-state index in [2.05, 4.69) is 15.6 Å². The molecule has 0 radical (unpaired) electrons. The number of aromatic nitrogens is 1. The van der Waals surface area contributed by atoms with Crippen molar-refractivity contribution in [3.8, 4) is 9.88 Å². The number of thiazole rings is 1. The van der Waals surface area contributed by atoms with E-state index in [0.717, 1.165) is 26.7 Å². The molecule has 2 heterocycles. The van der Waals surface area contributed by atoms with Gasteiger partial charge in [0.05, 0.1) is 17.0 Å². The molecule has 7 heteroatoms. The van der Waals surface area contributed by atoms with Crippen molar-refractivity contribution in [3.63, 3.8) is 0 Å². The van der Waals surface area contributed by atoms with Gasteiger partial charge in [-0.15, -0.1) is 22.7 Å². The summed E-state index contributed by atoms with van der Waals surface area (Å²) in [5.41, 5.74) is 4.08. The first kappa shape index (κ1) is 21.0. The molecule has 0 saturated carbocycles. The summed E-state index contributed by atoms with van der Waals surface area (Å²) >= 11 is 3.19. The van der Waals surface area contributed by atoms with Crippen LogP contribution in [0.25, 0.3) is 9.88 Å². The zero-order valence-electron chi connectivity index (χ0n) is 16.9. The summed E-state index contributed by atoms with van der Waals surface area (Å²) in [7, 11) is 0. The Kier molecular flexibility index (Phi) is 6.54. The fourth-order valence-electron chi connectivity index (χ4n) is 3.00. The molecule has 4 aromatic rings. The number of rotatable bonds is 7. The Morgan fingerprint density at radius 1 is 1.00 bits per heavy atom. The van der Waals surface area contributed by atoms with E-state index in [0.29, 0.717) is 17.8 Å². The summed E-state index contributed by atoms with van der Waals surface area (Å²) < 4.78 is 0. The Labute approximate surface area is 188 Å². The van der Waals surface area contributed by atoms with Crippen LogP contribution >= 0.6 is 22.7 Å². The van der Waals surface area contributed by atoms with Gasteiger partial charge in [0, 0.05) is 23.2 Å². The molecule has 0 unspecified atom stereocenters. The Bertz CT molecular complexity index is 1180. The minimum absolute atomic E-state index is 0.0860. The summed E-state index contributed by atoms with van der Waals surface area (Å²) in [5.74, 6) is -0.247. The number of hydrogen-bond acceptors (Lipinski definition) is 5. The Morgan fingerprint density at radius 2 is 1.84 bits per heavy atom. The van der Waals surface area contributed by atoms with Crippen molar-refractivity contribution in [1.82, 2.24) is 10.3 Å². The highest BCUT2D eigenvalue weighted by molar-refractivity contribution is 7.20. The average molecular weight is 448 g/mol. The molecule has 31 heavy (non-hydrogen) atoms. The van der Waals surface area contributed by atoms with Gasteiger partial charge >= 0.3 is 0 Å². The van der Waals surface area contributed by atoms with Crippen molar-refractivity contribution >= 4 is 40.2 Å². The second kappa shape index (κ2) is 9.68. The molecule has 2 N–H and O–H groups in total. The van der Waals surface area contributed by atoms with Crippen LogP contribution in [0.3, 0.4) is 0 Å². The summed E-state index contributed by atoms with van der Waals surface area (Å²) in [6.07, 6.45) is 0.242. The SMILES string of the molecule is Cc1ccc(C(=O)Nc2cccc(CNC(=O)Cc3csc(-c4cccs4)n3)c2)cc1. The number of hydrogen-bond donors (Lipinski definition) is 2. The number of anilines is 1. The van der Waals surface area contributed by atoms with Crippen LogP contribution in [-0.2, 0) is 17.8 Å². The van der Waals surface area contributed by atoms with Gasteiger partial charge in [0.25, 0.3) is 5.91 Å². The molecular weight excluding hydrogens is 426 g/mol. The van der Waals surface area contributed by atoms with Gasteiger partial charge in [-0.05, 0) is 48.2 Å². The lowest BCUT2D eigenvalue weighted by molar-refractivity contribution is -0.120. The third-order valence-electron chi connectivity index (χ3n) is 4.61. The van der Waals surface area contributed by atoms with Gasteiger partial charge in [0.15, 0.2) is 0 Å². The summed E-state index contributed by atoms with van der Waals surface area (Å²) in [6.45, 7) is 2.37. The molecule has 2 amide bonds. The Morgan fingerprint density at radius 3 is 2.61 bits per heavy atom. The van der Waals surface area contributed by atoms with Gasteiger partial charge in [-0.1, -0.05) is 35.9 Å². The van der Waals surface area contributed by atoms with Gasteiger partial charge in [-0.25, -0.2) is 4.98 Å². The zero-order chi connectivity index (χ0) is 21.6. The van der Waals surface area contributed by atoms with Crippen LogP contribution in [0.2, 0.25) is 0 Å². The zero-order valence-corrected chi connectivity index (χ0v) is 18.6. The third-order valence-corrected chi connectivity index (χ3v) is 6.54. The molecule has 0 bridgehead atoms. The van der Waals surface area contributed by atoms with Crippen LogP contribution in [0.1, 0.15) is 27.2 Å². The van der Waals surface area contributed by atoms with Crippen molar-refractivity contribution in [3.05, 3.63) is 93.8 Å². The molecule has 0 saturated heterocycles. The van der Waals surface area contributed by atoms with Crippen molar-refractivity contribution in [2.75, 3.05) is 5.32 Å². The highest BCUT2D eigenvalue weighted by atomic mass is 32.1. The number of carbonyl (C=O) groups is 2. The van der Waals surface area contributed by atoms with E-state index in [9.17, 15) is 9.59 Å². The lowest BCUT2D eigenvalue weighted by Crippen LogP contribution is -2.24. The maximum absolute atomic E-state index is 12.4. The molecule has 2 aromatic heterocycles. The van der Waals surface area contributed by atoms with Crippen molar-refractivity contribution in [1.29, 1.82) is 0 Å². The molecule has 0 aliphatic carbocycles. The van der Waals surface area contributed by atoms with Crippen LogP contribution in [-0.4, -0.2) is 16.8 Å². The molecule has 5 nitrogen and oxygen atoms in total. The first-order valence-electron chi connectivity index (χ1n) is 9.79. The van der Waals surface area contributed by atoms with Crippen molar-refractivity contribution < 1.29 is 9.59 Å². The quantitative estimate of drug-likeness (QED) is 0.404. The van der Waals surface area contributed by atoms with Crippen LogP contribution in [0.5, 0.6) is 0 Å². The topological polar surface area (TPSA) is 71.1 Å². The fourth-order valence-corrected chi connectivity index (χ4v) is 4.63. The first-order chi connectivity index (χ1) is 15.1. The number of aryl methyl sites for hydroxylation is 1. The number of amides is 2. The second-order valence-corrected chi connectivity index (χ2v) is 8.90. The number of nitrogens with zero attached hydrogens (tertiary/aromatic N) is 1. The van der Waals surface area contributed by atoms with Crippen LogP contribution in [0.4, 0.5) is 5.69 Å². The third kappa shape index (κ3) is 5.65. The smallest absolute Gasteiger partial charge is 0.255 e. The van der Waals surface area contributed by atoms with Crippen molar-refractivity contribution in [2.45, 2.75) is 19.9 Å². The van der Waals surface area contributed by atoms with E-state index in [-0.39, 0.29) is 18.2 Å². The normalized spacial score (nSPS) is 10.6. The second-order valence-electron chi connectivity index (χ2n) is 7.10. The Hall–Kier alpha value is -3.29. The summed E-state index contributed by atoms with van der Waals surface area (Å²) in [5, 5.41) is 10.7. The number of nitrogens with one attached hydrogen (secondary N) is 2. The lowest BCUT2D eigenvalue weighted by atomic mass is 10.1. The van der Waals surface area contributed by atoms with E-state index in [1.165, 1.54) is 0 Å². The minimum Gasteiger partial charge on any atom is -0.352 e. The van der Waals surface area contributed by atoms with Crippen LogP contribution in [0.15, 0.2) is 71.4 Å². The molecule has 0 aliphatic rings. The van der Waals surface area contributed by atoms with Gasteiger partial charge in [0.1, 0.15) is 5.01 Å². The molecule has 0 fully saturated rings. The van der Waals surface area contributed by atoms with E-state index in [1.807, 2.05) is 66.2 Å². The van der Waals surface area contributed by atoms with Gasteiger partial charge in [-0.3, -0.25) is 9.59 Å². The van der Waals surface area contributed by atoms with E-state index < -0.39 is 0 Å². The molecule has 0 spiro atoms. The summed E-state index contributed by atoms with van der Waals surface area (Å²) in [4.78, 5) is 30.4. The predicted molar refractivity (Wildman–Crippen MR) is 127 cm³/mol. The van der Waals surface area contributed by atoms with E-state index in [4.69, 9.17) is 0 Å². The number of benzene rings is 2. The maximum Gasteiger partial charge on any atom is 0.255 e. The fraction of sp³-hybridized carbons (Fsp3) is 0.125. The van der Waals surface area contributed by atoms with Crippen LogP contribution in [0, 0.1) is 6.92 Å². The molecule has 4 rings (SSSR count). The standard InChI is InChI=1S/C24H21N3O2S2/c1-16-7-9-18(10-8-16)23(29)26-19-5-2-4-17(12-19)14-25-22(28)13-20-15-31-24(27-20)21-6-3-11-30-21/h2-12,15H,13-14H2,1H3,(H,25,28)(H,26,29). The van der Waals surface area contributed by atoms with Gasteiger partial charge in [0.2, 0.25) is 5.91 Å². The number of carbonyl (C=O) groups excluding carboxylic acids is 2. The molecule has 0 aliphatic heterocycles. The molecule has 156 valence electrons. The minimum atomic E-state index is -0.161. The van der Waals surface area contributed by atoms with Crippen LogP contribution < -0.4 is 10.6 Å². The largest absolute Gasteiger partial charge is 0.352 e. The highest BCUT2D eigenvalue weighted by Gasteiger charge is 2.10. The monoisotopic (exact) mass is 447 g/mol. The molecule has 2 aromatic carbocycles. The molecular formula is C24H21N3O2S2. The van der Waals surface area contributed by atoms with Crippen molar-refractivity contribution in [2.24, 2.45) is 0 Å². The first-order valence-corrected chi connectivity index (χ1v) is 11.5. The Balaban J connectivity index is 1.31. The van der Waals surface area contributed by atoms with E-state index >= 15 is 0 Å². The maximum atomic E-state index is 12.4. The summed E-state index contributed by atoms with van der Waals surface area (Å²) in [6, 6.07) is 18.9. The van der Waals surface area contributed by atoms with Gasteiger partial charge in [-0.2, -0.15) is 0 Å². The predicted octanol–water partition coefficient (Wildman–Crippen LogP) is 5.29.